The van der Waals surface area contributed by atoms with Gasteiger partial charge in [0.25, 0.3) is 0 Å². The zero-order chi connectivity index (χ0) is 13.0. The van der Waals surface area contributed by atoms with Crippen LogP contribution in [-0.2, 0) is 4.79 Å². The lowest BCUT2D eigenvalue weighted by molar-refractivity contribution is -0.116. The highest BCUT2D eigenvalue weighted by atomic mass is 32.1. The third-order valence-corrected chi connectivity index (χ3v) is 3.48. The summed E-state index contributed by atoms with van der Waals surface area (Å²) in [7, 11) is 0. The van der Waals surface area contributed by atoms with Crippen molar-refractivity contribution in [2.75, 3.05) is 11.4 Å². The molecule has 0 aliphatic carbocycles. The van der Waals surface area contributed by atoms with Crippen LogP contribution in [0.15, 0.2) is 35.7 Å². The number of hydrogen-bond acceptors (Lipinski definition) is 3. The lowest BCUT2D eigenvalue weighted by Crippen LogP contribution is -2.28. The van der Waals surface area contributed by atoms with Gasteiger partial charge in [0.2, 0.25) is 5.91 Å². The van der Waals surface area contributed by atoms with E-state index in [-0.39, 0.29) is 5.91 Å². The van der Waals surface area contributed by atoms with Gasteiger partial charge in [-0.05, 0) is 6.42 Å². The van der Waals surface area contributed by atoms with Crippen LogP contribution in [0.4, 0.5) is 5.13 Å². The molecule has 1 aromatic heterocycles. The number of thiazole rings is 1. The Kier molecular flexibility index (Phi) is 4.10. The second kappa shape index (κ2) is 5.78. The standard InChI is InChI=1S/C14H16N2OS/c1-3-9-16(11(2)17)14-15-13(10-18-14)12-7-5-4-6-8-12/h4-8,10H,3,9H2,1-2H3. The number of anilines is 1. The average molecular weight is 260 g/mol. The van der Waals surface area contributed by atoms with Gasteiger partial charge in [0.1, 0.15) is 0 Å². The summed E-state index contributed by atoms with van der Waals surface area (Å²) >= 11 is 1.51. The topological polar surface area (TPSA) is 33.2 Å². The molecular weight excluding hydrogens is 244 g/mol. The number of carbonyl (C=O) groups is 1. The smallest absolute Gasteiger partial charge is 0.225 e. The lowest BCUT2D eigenvalue weighted by Gasteiger charge is -2.16. The average Bonchev–Trinajstić information content (AvgIpc) is 2.86. The number of amides is 1. The first kappa shape index (κ1) is 12.8. The highest BCUT2D eigenvalue weighted by molar-refractivity contribution is 7.14. The largest absolute Gasteiger partial charge is 0.288 e. The van der Waals surface area contributed by atoms with Crippen molar-refractivity contribution in [1.82, 2.24) is 4.98 Å². The van der Waals surface area contributed by atoms with Crippen molar-refractivity contribution in [3.8, 4) is 11.3 Å². The Bertz CT molecular complexity index is 522. The molecule has 1 heterocycles. The highest BCUT2D eigenvalue weighted by Crippen LogP contribution is 2.27. The van der Waals surface area contributed by atoms with E-state index >= 15 is 0 Å². The maximum Gasteiger partial charge on any atom is 0.225 e. The molecule has 0 unspecified atom stereocenters. The molecule has 0 fully saturated rings. The molecule has 0 atom stereocenters. The van der Waals surface area contributed by atoms with Crippen molar-refractivity contribution >= 4 is 22.4 Å². The van der Waals surface area contributed by atoms with Crippen LogP contribution in [0.25, 0.3) is 11.3 Å². The molecule has 0 saturated carbocycles. The molecule has 2 aromatic rings. The van der Waals surface area contributed by atoms with Gasteiger partial charge in [-0.15, -0.1) is 11.3 Å². The van der Waals surface area contributed by atoms with Crippen LogP contribution < -0.4 is 4.90 Å². The van der Waals surface area contributed by atoms with Gasteiger partial charge in [-0.3, -0.25) is 9.69 Å². The molecular formula is C14H16N2OS. The monoisotopic (exact) mass is 260 g/mol. The van der Waals surface area contributed by atoms with Crippen LogP contribution in [-0.4, -0.2) is 17.4 Å². The fourth-order valence-electron chi connectivity index (χ4n) is 1.74. The number of nitrogens with zero attached hydrogens (tertiary/aromatic N) is 2. The molecule has 0 spiro atoms. The van der Waals surface area contributed by atoms with Gasteiger partial charge in [0.15, 0.2) is 5.13 Å². The second-order valence-electron chi connectivity index (χ2n) is 4.05. The van der Waals surface area contributed by atoms with Crippen LogP contribution in [0.1, 0.15) is 20.3 Å². The molecule has 18 heavy (non-hydrogen) atoms. The number of rotatable bonds is 4. The van der Waals surface area contributed by atoms with Crippen LogP contribution in [0.5, 0.6) is 0 Å². The molecule has 0 radical (unpaired) electrons. The van der Waals surface area contributed by atoms with Gasteiger partial charge in [0.05, 0.1) is 5.69 Å². The van der Waals surface area contributed by atoms with E-state index in [2.05, 4.69) is 11.9 Å². The number of hydrogen-bond donors (Lipinski definition) is 0. The van der Waals surface area contributed by atoms with Crippen LogP contribution in [0.2, 0.25) is 0 Å². The van der Waals surface area contributed by atoms with E-state index in [4.69, 9.17) is 0 Å². The van der Waals surface area contributed by atoms with E-state index in [0.29, 0.717) is 0 Å². The maximum absolute atomic E-state index is 11.6. The predicted octanol–water partition coefficient (Wildman–Crippen LogP) is 3.57. The van der Waals surface area contributed by atoms with Crippen molar-refractivity contribution in [2.45, 2.75) is 20.3 Å². The van der Waals surface area contributed by atoms with Gasteiger partial charge in [-0.25, -0.2) is 4.98 Å². The lowest BCUT2D eigenvalue weighted by atomic mass is 10.2. The third-order valence-electron chi connectivity index (χ3n) is 2.62. The fraction of sp³-hybridized carbons (Fsp3) is 0.286. The van der Waals surface area contributed by atoms with E-state index in [1.54, 1.807) is 11.8 Å². The van der Waals surface area contributed by atoms with Crippen molar-refractivity contribution in [1.29, 1.82) is 0 Å². The SMILES string of the molecule is CCCN(C(C)=O)c1nc(-c2ccccc2)cs1. The zero-order valence-corrected chi connectivity index (χ0v) is 11.4. The Morgan fingerprint density at radius 1 is 1.33 bits per heavy atom. The Morgan fingerprint density at radius 2 is 2.06 bits per heavy atom. The summed E-state index contributed by atoms with van der Waals surface area (Å²) in [6.07, 6.45) is 0.930. The summed E-state index contributed by atoms with van der Waals surface area (Å²) in [5.74, 6) is 0.0470. The molecule has 0 bridgehead atoms. The molecule has 0 saturated heterocycles. The minimum absolute atomic E-state index is 0.0470. The van der Waals surface area contributed by atoms with E-state index in [1.807, 2.05) is 35.7 Å². The number of benzene rings is 1. The Morgan fingerprint density at radius 3 is 2.67 bits per heavy atom. The molecule has 0 aliphatic heterocycles. The highest BCUT2D eigenvalue weighted by Gasteiger charge is 2.14. The maximum atomic E-state index is 11.6. The van der Waals surface area contributed by atoms with Crippen molar-refractivity contribution < 1.29 is 4.79 Å². The number of aromatic nitrogens is 1. The minimum Gasteiger partial charge on any atom is -0.288 e. The Hall–Kier alpha value is -1.68. The van der Waals surface area contributed by atoms with Crippen molar-refractivity contribution in [3.05, 3.63) is 35.7 Å². The summed E-state index contributed by atoms with van der Waals surface area (Å²) in [5, 5.41) is 2.78. The molecule has 0 aliphatic rings. The summed E-state index contributed by atoms with van der Waals surface area (Å²) in [6, 6.07) is 10.0. The molecule has 1 amide bonds. The fourth-order valence-corrected chi connectivity index (χ4v) is 2.65. The molecule has 4 heteroatoms. The van der Waals surface area contributed by atoms with Gasteiger partial charge in [-0.2, -0.15) is 0 Å². The first-order valence-corrected chi connectivity index (χ1v) is 6.89. The second-order valence-corrected chi connectivity index (χ2v) is 4.89. The molecule has 94 valence electrons. The van der Waals surface area contributed by atoms with Gasteiger partial charge in [-0.1, -0.05) is 37.3 Å². The van der Waals surface area contributed by atoms with Crippen molar-refractivity contribution in [3.63, 3.8) is 0 Å². The molecule has 0 N–H and O–H groups in total. The van der Waals surface area contributed by atoms with Crippen LogP contribution in [0.3, 0.4) is 0 Å². The predicted molar refractivity (Wildman–Crippen MR) is 75.9 cm³/mol. The summed E-state index contributed by atoms with van der Waals surface area (Å²) in [4.78, 5) is 17.9. The van der Waals surface area contributed by atoms with E-state index < -0.39 is 0 Å². The van der Waals surface area contributed by atoms with Gasteiger partial charge in [0, 0.05) is 24.4 Å². The minimum atomic E-state index is 0.0470. The molecule has 3 nitrogen and oxygen atoms in total. The van der Waals surface area contributed by atoms with Gasteiger partial charge < -0.3 is 0 Å². The molecule has 1 aromatic carbocycles. The van der Waals surface area contributed by atoms with Crippen LogP contribution >= 0.6 is 11.3 Å². The van der Waals surface area contributed by atoms with Crippen molar-refractivity contribution in [2.24, 2.45) is 0 Å². The zero-order valence-electron chi connectivity index (χ0n) is 10.6. The normalized spacial score (nSPS) is 10.3. The Labute approximate surface area is 111 Å². The quantitative estimate of drug-likeness (QED) is 0.842. The summed E-state index contributed by atoms with van der Waals surface area (Å²) in [5.41, 5.74) is 2.01. The summed E-state index contributed by atoms with van der Waals surface area (Å²) in [6.45, 7) is 4.36. The van der Waals surface area contributed by atoms with Gasteiger partial charge >= 0.3 is 0 Å². The van der Waals surface area contributed by atoms with Crippen LogP contribution in [0, 0.1) is 0 Å². The number of carbonyl (C=O) groups excluding carboxylic acids is 1. The first-order valence-electron chi connectivity index (χ1n) is 6.01. The summed E-state index contributed by atoms with van der Waals surface area (Å²) < 4.78 is 0. The van der Waals surface area contributed by atoms with E-state index in [1.165, 1.54) is 11.3 Å². The first-order chi connectivity index (χ1) is 8.72. The van der Waals surface area contributed by atoms with E-state index in [9.17, 15) is 4.79 Å². The third kappa shape index (κ3) is 2.76. The Balaban J connectivity index is 2.27. The van der Waals surface area contributed by atoms with E-state index in [0.717, 1.165) is 29.4 Å². The molecule has 2 rings (SSSR count).